The van der Waals surface area contributed by atoms with Crippen LogP contribution in [0.3, 0.4) is 0 Å². The van der Waals surface area contributed by atoms with Crippen LogP contribution in [0.25, 0.3) is 0 Å². The first-order valence-electron chi connectivity index (χ1n) is 6.87. The third-order valence-corrected chi connectivity index (χ3v) is 3.33. The largest absolute Gasteiger partial charge is 0.454 e. The fourth-order valence-electron chi connectivity index (χ4n) is 2.11. The number of rotatable bonds is 6. The quantitative estimate of drug-likeness (QED) is 0.870. The first kappa shape index (κ1) is 15.5. The second-order valence-corrected chi connectivity index (χ2v) is 4.85. The molecule has 0 bridgehead atoms. The molecule has 0 radical (unpaired) electrons. The Morgan fingerprint density at radius 2 is 1.95 bits per heavy atom. The van der Waals surface area contributed by atoms with Crippen molar-refractivity contribution >= 4 is 0 Å². The van der Waals surface area contributed by atoms with Gasteiger partial charge in [0.2, 0.25) is 0 Å². The summed E-state index contributed by atoms with van der Waals surface area (Å²) in [6.45, 7) is 2.46. The van der Waals surface area contributed by atoms with Gasteiger partial charge in [-0.2, -0.15) is 0 Å². The molecule has 0 heterocycles. The minimum atomic E-state index is -0.369. The molecule has 112 valence electrons. The smallest absolute Gasteiger partial charge is 0.167 e. The van der Waals surface area contributed by atoms with Crippen LogP contribution in [-0.2, 0) is 11.3 Å². The second kappa shape index (κ2) is 7.20. The normalized spacial score (nSPS) is 12.2. The minimum Gasteiger partial charge on any atom is -0.454 e. The first-order chi connectivity index (χ1) is 10.2. The molecule has 0 aromatic heterocycles. The lowest BCUT2D eigenvalue weighted by Gasteiger charge is -2.17. The molecule has 1 unspecified atom stereocenters. The van der Waals surface area contributed by atoms with Crippen molar-refractivity contribution in [3.63, 3.8) is 0 Å². The van der Waals surface area contributed by atoms with Crippen LogP contribution in [0.1, 0.15) is 24.1 Å². The van der Waals surface area contributed by atoms with Crippen molar-refractivity contribution in [1.82, 2.24) is 5.32 Å². The van der Waals surface area contributed by atoms with E-state index < -0.39 is 0 Å². The number of nitrogens with one attached hydrogen (secondary N) is 1. The number of benzene rings is 2. The first-order valence-corrected chi connectivity index (χ1v) is 6.87. The maximum Gasteiger partial charge on any atom is 0.167 e. The van der Waals surface area contributed by atoms with Gasteiger partial charge in [-0.25, -0.2) is 4.39 Å². The maximum atomic E-state index is 14.1. The van der Waals surface area contributed by atoms with Crippen molar-refractivity contribution in [2.45, 2.75) is 19.6 Å². The van der Waals surface area contributed by atoms with Crippen molar-refractivity contribution in [2.24, 2.45) is 0 Å². The molecule has 0 fully saturated rings. The summed E-state index contributed by atoms with van der Waals surface area (Å²) in [5.41, 5.74) is 1.77. The third-order valence-electron chi connectivity index (χ3n) is 3.33. The van der Waals surface area contributed by atoms with E-state index in [0.717, 1.165) is 11.1 Å². The summed E-state index contributed by atoms with van der Waals surface area (Å²) in [5.74, 6) is 0.486. The SMILES string of the molecule is CNC(C)c1cccc(F)c1Oc1cccc(COC)c1. The van der Waals surface area contributed by atoms with Crippen molar-refractivity contribution in [3.8, 4) is 11.5 Å². The summed E-state index contributed by atoms with van der Waals surface area (Å²) in [4.78, 5) is 0. The highest BCUT2D eigenvalue weighted by Gasteiger charge is 2.15. The lowest BCUT2D eigenvalue weighted by atomic mass is 10.1. The molecule has 2 rings (SSSR count). The van der Waals surface area contributed by atoms with E-state index in [1.54, 1.807) is 19.2 Å². The molecule has 0 saturated heterocycles. The highest BCUT2D eigenvalue weighted by molar-refractivity contribution is 5.41. The highest BCUT2D eigenvalue weighted by Crippen LogP contribution is 2.32. The number of hydrogen-bond acceptors (Lipinski definition) is 3. The standard InChI is InChI=1S/C17H20FNO2/c1-12(19-2)15-8-5-9-16(18)17(15)21-14-7-4-6-13(10-14)11-20-3/h4-10,12,19H,11H2,1-3H3. The van der Waals surface area contributed by atoms with Gasteiger partial charge in [0.1, 0.15) is 5.75 Å². The summed E-state index contributed by atoms with van der Waals surface area (Å²) in [7, 11) is 3.47. The van der Waals surface area contributed by atoms with Gasteiger partial charge in [-0.15, -0.1) is 0 Å². The minimum absolute atomic E-state index is 0.00198. The van der Waals surface area contributed by atoms with E-state index in [2.05, 4.69) is 5.32 Å². The molecule has 2 aromatic rings. The monoisotopic (exact) mass is 289 g/mol. The zero-order valence-electron chi connectivity index (χ0n) is 12.5. The van der Waals surface area contributed by atoms with Crippen molar-refractivity contribution in [1.29, 1.82) is 0 Å². The molecule has 1 N–H and O–H groups in total. The Bertz CT molecular complexity index is 601. The number of halogens is 1. The van der Waals surface area contributed by atoms with E-state index in [1.807, 2.05) is 38.2 Å². The van der Waals surface area contributed by atoms with Crippen molar-refractivity contribution in [3.05, 3.63) is 59.4 Å². The molecule has 0 spiro atoms. The van der Waals surface area contributed by atoms with Gasteiger partial charge < -0.3 is 14.8 Å². The predicted molar refractivity (Wildman–Crippen MR) is 81.1 cm³/mol. The topological polar surface area (TPSA) is 30.5 Å². The van der Waals surface area contributed by atoms with E-state index in [9.17, 15) is 4.39 Å². The van der Waals surface area contributed by atoms with Crippen LogP contribution in [-0.4, -0.2) is 14.2 Å². The summed E-state index contributed by atoms with van der Waals surface area (Å²) in [6.07, 6.45) is 0. The van der Waals surface area contributed by atoms with Crippen molar-refractivity contribution < 1.29 is 13.9 Å². The third kappa shape index (κ3) is 3.80. The van der Waals surface area contributed by atoms with E-state index >= 15 is 0 Å². The van der Waals surface area contributed by atoms with Crippen LogP contribution in [0.4, 0.5) is 4.39 Å². The Hall–Kier alpha value is -1.91. The summed E-state index contributed by atoms with van der Waals surface area (Å²) in [6, 6.07) is 12.4. The number of ether oxygens (including phenoxy) is 2. The van der Waals surface area contributed by atoms with Gasteiger partial charge in [0.15, 0.2) is 11.6 Å². The number of para-hydroxylation sites is 1. The molecule has 2 aromatic carbocycles. The van der Waals surface area contributed by atoms with Gasteiger partial charge in [0.25, 0.3) is 0 Å². The Kier molecular flexibility index (Phi) is 5.31. The predicted octanol–water partition coefficient (Wildman–Crippen LogP) is 4.04. The Morgan fingerprint density at radius 1 is 1.19 bits per heavy atom. The van der Waals surface area contributed by atoms with Crippen molar-refractivity contribution in [2.75, 3.05) is 14.2 Å². The Balaban J connectivity index is 2.32. The van der Waals surface area contributed by atoms with Gasteiger partial charge >= 0.3 is 0 Å². The van der Waals surface area contributed by atoms with Crippen LogP contribution < -0.4 is 10.1 Å². The lowest BCUT2D eigenvalue weighted by molar-refractivity contribution is 0.184. The van der Waals surface area contributed by atoms with Crippen LogP contribution in [0.5, 0.6) is 11.5 Å². The molecule has 0 aliphatic rings. The van der Waals surface area contributed by atoms with Gasteiger partial charge in [-0.1, -0.05) is 24.3 Å². The van der Waals surface area contributed by atoms with Crippen LogP contribution in [0.2, 0.25) is 0 Å². The molecule has 0 aliphatic heterocycles. The zero-order valence-corrected chi connectivity index (χ0v) is 12.5. The fraction of sp³-hybridized carbons (Fsp3) is 0.294. The van der Waals surface area contributed by atoms with E-state index in [4.69, 9.17) is 9.47 Å². The Morgan fingerprint density at radius 3 is 2.67 bits per heavy atom. The Labute approximate surface area is 124 Å². The molecule has 4 heteroatoms. The van der Waals surface area contributed by atoms with E-state index in [1.165, 1.54) is 6.07 Å². The van der Waals surface area contributed by atoms with Gasteiger partial charge in [-0.05, 0) is 37.7 Å². The summed E-state index contributed by atoms with van der Waals surface area (Å²) in [5, 5.41) is 3.10. The molecule has 3 nitrogen and oxygen atoms in total. The lowest BCUT2D eigenvalue weighted by Crippen LogP contribution is -2.13. The summed E-state index contributed by atoms with van der Waals surface area (Å²) >= 11 is 0. The van der Waals surface area contributed by atoms with Gasteiger partial charge in [-0.3, -0.25) is 0 Å². The van der Waals surface area contributed by atoms with Gasteiger partial charge in [0.05, 0.1) is 6.61 Å². The van der Waals surface area contributed by atoms with Gasteiger partial charge in [0, 0.05) is 18.7 Å². The average Bonchev–Trinajstić information content (AvgIpc) is 2.49. The van der Waals surface area contributed by atoms with Crippen LogP contribution >= 0.6 is 0 Å². The van der Waals surface area contributed by atoms with E-state index in [0.29, 0.717) is 12.4 Å². The zero-order chi connectivity index (χ0) is 15.2. The second-order valence-electron chi connectivity index (χ2n) is 4.85. The number of hydrogen-bond donors (Lipinski definition) is 1. The fourth-order valence-corrected chi connectivity index (χ4v) is 2.11. The molecule has 0 saturated carbocycles. The highest BCUT2D eigenvalue weighted by atomic mass is 19.1. The van der Waals surface area contributed by atoms with Crippen LogP contribution in [0.15, 0.2) is 42.5 Å². The van der Waals surface area contributed by atoms with Crippen LogP contribution in [0, 0.1) is 5.82 Å². The molecule has 0 amide bonds. The maximum absolute atomic E-state index is 14.1. The average molecular weight is 289 g/mol. The molecular formula is C17H20FNO2. The van der Waals surface area contributed by atoms with E-state index in [-0.39, 0.29) is 17.6 Å². The molecule has 1 atom stereocenters. The number of methoxy groups -OCH3 is 1. The summed E-state index contributed by atoms with van der Waals surface area (Å²) < 4.78 is 25.0. The molecular weight excluding hydrogens is 269 g/mol. The molecule has 0 aliphatic carbocycles. The molecule has 21 heavy (non-hydrogen) atoms.